The molecule has 0 bridgehead atoms. The van der Waals surface area contributed by atoms with E-state index in [1.54, 1.807) is 11.9 Å². The van der Waals surface area contributed by atoms with E-state index in [9.17, 15) is 9.59 Å². The number of amides is 2. The summed E-state index contributed by atoms with van der Waals surface area (Å²) in [5.74, 6) is -0.336. The molecule has 2 amide bonds. The second-order valence-corrected chi connectivity index (χ2v) is 5.78. The van der Waals surface area contributed by atoms with Crippen LogP contribution in [0.15, 0.2) is 0 Å². The van der Waals surface area contributed by atoms with E-state index in [0.717, 1.165) is 32.5 Å². The van der Waals surface area contributed by atoms with Crippen molar-refractivity contribution < 1.29 is 14.7 Å². The molecular formula is C14H27N3O3. The molecule has 6 nitrogen and oxygen atoms in total. The second kappa shape index (κ2) is 8.09. The number of rotatable bonds is 6. The van der Waals surface area contributed by atoms with Crippen LogP contribution in [0.1, 0.15) is 32.6 Å². The van der Waals surface area contributed by atoms with Gasteiger partial charge in [0.25, 0.3) is 0 Å². The molecule has 0 aromatic carbocycles. The highest BCUT2D eigenvalue weighted by atomic mass is 16.4. The van der Waals surface area contributed by atoms with Crippen molar-refractivity contribution in [1.82, 2.24) is 15.1 Å². The van der Waals surface area contributed by atoms with Gasteiger partial charge in [-0.25, -0.2) is 4.79 Å². The first-order chi connectivity index (χ1) is 9.42. The Balaban J connectivity index is 2.36. The summed E-state index contributed by atoms with van der Waals surface area (Å²) in [5.41, 5.74) is 0. The Hall–Kier alpha value is -1.30. The van der Waals surface area contributed by atoms with E-state index < -0.39 is 5.97 Å². The fraction of sp³-hybridized carbons (Fsp3) is 0.857. The van der Waals surface area contributed by atoms with E-state index in [2.05, 4.69) is 17.3 Å². The van der Waals surface area contributed by atoms with Gasteiger partial charge < -0.3 is 20.2 Å². The summed E-state index contributed by atoms with van der Waals surface area (Å²) < 4.78 is 0. The van der Waals surface area contributed by atoms with E-state index in [1.165, 1.54) is 0 Å². The molecule has 1 atom stereocenters. The third-order valence-electron chi connectivity index (χ3n) is 3.96. The summed E-state index contributed by atoms with van der Waals surface area (Å²) in [6.07, 6.45) is 2.82. The van der Waals surface area contributed by atoms with Crippen molar-refractivity contribution in [3.63, 3.8) is 0 Å². The van der Waals surface area contributed by atoms with E-state index >= 15 is 0 Å². The lowest BCUT2D eigenvalue weighted by molar-refractivity contribution is -0.137. The lowest BCUT2D eigenvalue weighted by Crippen LogP contribution is -2.46. The summed E-state index contributed by atoms with van der Waals surface area (Å²) >= 11 is 0. The van der Waals surface area contributed by atoms with Crippen molar-refractivity contribution in [2.75, 3.05) is 33.7 Å². The Morgan fingerprint density at radius 3 is 2.50 bits per heavy atom. The average Bonchev–Trinajstić information content (AvgIpc) is 2.39. The van der Waals surface area contributed by atoms with Gasteiger partial charge >= 0.3 is 12.0 Å². The lowest BCUT2D eigenvalue weighted by Gasteiger charge is -2.32. The minimum absolute atomic E-state index is 0.0235. The van der Waals surface area contributed by atoms with E-state index in [1.807, 2.05) is 6.92 Å². The largest absolute Gasteiger partial charge is 0.481 e. The molecule has 1 aliphatic rings. The molecule has 1 fully saturated rings. The van der Waals surface area contributed by atoms with Crippen LogP contribution in [0.4, 0.5) is 4.79 Å². The van der Waals surface area contributed by atoms with Crippen LogP contribution in [0.5, 0.6) is 0 Å². The maximum atomic E-state index is 12.0. The number of carbonyl (C=O) groups excluding carboxylic acids is 1. The van der Waals surface area contributed by atoms with E-state index in [0.29, 0.717) is 12.3 Å². The number of likely N-dealkylation sites (tertiary alicyclic amines) is 1. The summed E-state index contributed by atoms with van der Waals surface area (Å²) in [6, 6.07) is -0.461. The highest BCUT2D eigenvalue weighted by Crippen LogP contribution is 2.16. The predicted molar refractivity (Wildman–Crippen MR) is 77.7 cm³/mol. The van der Waals surface area contributed by atoms with Crippen molar-refractivity contribution >= 4 is 12.0 Å². The topological polar surface area (TPSA) is 72.9 Å². The number of carboxylic acids is 1. The number of aliphatic carboxylic acids is 1. The third kappa shape index (κ3) is 5.77. The molecule has 6 heteroatoms. The molecule has 0 radical (unpaired) electrons. The number of urea groups is 1. The van der Waals surface area contributed by atoms with Crippen molar-refractivity contribution in [2.45, 2.75) is 38.6 Å². The predicted octanol–water partition coefficient (Wildman–Crippen LogP) is 1.22. The molecule has 1 rings (SSSR count). The number of hydrogen-bond donors (Lipinski definition) is 2. The Kier molecular flexibility index (Phi) is 6.78. The van der Waals surface area contributed by atoms with Crippen LogP contribution in [0.3, 0.4) is 0 Å². The van der Waals surface area contributed by atoms with Crippen LogP contribution in [0, 0.1) is 5.92 Å². The first-order valence-electron chi connectivity index (χ1n) is 7.34. The minimum atomic E-state index is -0.880. The minimum Gasteiger partial charge on any atom is -0.481 e. The molecule has 2 N–H and O–H groups in total. The van der Waals surface area contributed by atoms with Crippen LogP contribution in [-0.2, 0) is 4.79 Å². The quantitative estimate of drug-likeness (QED) is 0.769. The number of piperidine rings is 1. The smallest absolute Gasteiger partial charge is 0.317 e. The number of nitrogens with one attached hydrogen (secondary N) is 1. The Morgan fingerprint density at radius 2 is 2.00 bits per heavy atom. The highest BCUT2D eigenvalue weighted by molar-refractivity contribution is 5.75. The van der Waals surface area contributed by atoms with Crippen LogP contribution < -0.4 is 5.32 Å². The maximum absolute atomic E-state index is 12.0. The van der Waals surface area contributed by atoms with Crippen LogP contribution >= 0.6 is 0 Å². The zero-order chi connectivity index (χ0) is 15.1. The standard InChI is InChI=1S/C14H27N3O3/c1-4-12(9-13(18)19)15-14(20)17(3)10-11-5-7-16(2)8-6-11/h11-12H,4-10H2,1-3H3,(H,15,20)(H,18,19). The molecule has 1 saturated heterocycles. The van der Waals surface area contributed by atoms with E-state index in [4.69, 9.17) is 5.11 Å². The Morgan fingerprint density at radius 1 is 1.40 bits per heavy atom. The number of nitrogens with zero attached hydrogens (tertiary/aromatic N) is 2. The first kappa shape index (κ1) is 16.8. The van der Waals surface area contributed by atoms with Gasteiger partial charge in [-0.1, -0.05) is 6.92 Å². The maximum Gasteiger partial charge on any atom is 0.317 e. The van der Waals surface area contributed by atoms with Gasteiger partial charge in [0, 0.05) is 19.6 Å². The zero-order valence-electron chi connectivity index (χ0n) is 12.8. The third-order valence-corrected chi connectivity index (χ3v) is 3.96. The van der Waals surface area contributed by atoms with Crippen molar-refractivity contribution in [3.8, 4) is 0 Å². The molecule has 0 spiro atoms. The van der Waals surface area contributed by atoms with Gasteiger partial charge in [0.2, 0.25) is 0 Å². The molecule has 0 saturated carbocycles. The lowest BCUT2D eigenvalue weighted by atomic mass is 9.97. The molecule has 0 aromatic heterocycles. The molecule has 20 heavy (non-hydrogen) atoms. The molecule has 116 valence electrons. The fourth-order valence-corrected chi connectivity index (χ4v) is 2.51. The molecule has 1 aliphatic heterocycles. The Labute approximate surface area is 121 Å². The van der Waals surface area contributed by atoms with Gasteiger partial charge in [-0.05, 0) is 45.3 Å². The first-order valence-corrected chi connectivity index (χ1v) is 7.34. The second-order valence-electron chi connectivity index (χ2n) is 5.78. The molecular weight excluding hydrogens is 258 g/mol. The number of carbonyl (C=O) groups is 2. The van der Waals surface area contributed by atoms with Crippen LogP contribution in [0.25, 0.3) is 0 Å². The molecule has 0 aliphatic carbocycles. The van der Waals surface area contributed by atoms with Gasteiger partial charge in [-0.15, -0.1) is 0 Å². The van der Waals surface area contributed by atoms with Gasteiger partial charge in [0.1, 0.15) is 0 Å². The SMILES string of the molecule is CCC(CC(=O)O)NC(=O)N(C)CC1CCN(C)CC1. The summed E-state index contributed by atoms with van der Waals surface area (Å²) in [7, 11) is 3.89. The van der Waals surface area contributed by atoms with Crippen LogP contribution in [-0.4, -0.2) is 66.7 Å². The van der Waals surface area contributed by atoms with Gasteiger partial charge in [0.05, 0.1) is 6.42 Å². The van der Waals surface area contributed by atoms with Crippen LogP contribution in [0.2, 0.25) is 0 Å². The van der Waals surface area contributed by atoms with Crippen molar-refractivity contribution in [2.24, 2.45) is 5.92 Å². The molecule has 0 aromatic rings. The van der Waals surface area contributed by atoms with Gasteiger partial charge in [0.15, 0.2) is 0 Å². The zero-order valence-corrected chi connectivity index (χ0v) is 12.8. The van der Waals surface area contributed by atoms with Crippen molar-refractivity contribution in [1.29, 1.82) is 0 Å². The Bertz CT molecular complexity index is 328. The number of hydrogen-bond acceptors (Lipinski definition) is 3. The average molecular weight is 285 g/mol. The van der Waals surface area contributed by atoms with Gasteiger partial charge in [-0.3, -0.25) is 4.79 Å². The number of carboxylic acid groups (broad SMARTS) is 1. The summed E-state index contributed by atoms with van der Waals surface area (Å²) in [6.45, 7) is 4.78. The molecule has 1 unspecified atom stereocenters. The monoisotopic (exact) mass is 285 g/mol. The van der Waals surface area contributed by atoms with Crippen molar-refractivity contribution in [3.05, 3.63) is 0 Å². The van der Waals surface area contributed by atoms with E-state index in [-0.39, 0.29) is 18.5 Å². The molecule has 1 heterocycles. The summed E-state index contributed by atoms with van der Waals surface area (Å²) in [5, 5.41) is 11.6. The van der Waals surface area contributed by atoms with Gasteiger partial charge in [-0.2, -0.15) is 0 Å². The highest BCUT2D eigenvalue weighted by Gasteiger charge is 2.22. The summed E-state index contributed by atoms with van der Waals surface area (Å²) in [4.78, 5) is 26.7. The fourth-order valence-electron chi connectivity index (χ4n) is 2.51. The normalized spacial score (nSPS) is 18.6.